The average molecular weight is 676 g/mol. The van der Waals surface area contributed by atoms with Gasteiger partial charge >= 0.3 is 6.01 Å². The maximum absolute atomic E-state index is 17.1. The fraction of sp³-hybridized carbons (Fsp3) is 0.444. The number of hydrogen-bond acceptors (Lipinski definition) is 8. The number of rotatable bonds is 6. The molecule has 1 saturated carbocycles. The van der Waals surface area contributed by atoms with Gasteiger partial charge in [0.15, 0.2) is 5.82 Å². The number of β-amino-alcohol motifs (C(OH)–C–C–N with tert-alkyl or cyclic N) is 1. The van der Waals surface area contributed by atoms with E-state index < -0.39 is 50.3 Å². The van der Waals surface area contributed by atoms with Crippen molar-refractivity contribution >= 4 is 33.2 Å². The molecule has 1 aromatic heterocycles. The largest absolute Gasteiger partial charge is 0.461 e. The number of fused-ring (bicyclic) bond motifs is 3. The van der Waals surface area contributed by atoms with Gasteiger partial charge in [0.1, 0.15) is 23.8 Å². The van der Waals surface area contributed by atoms with Gasteiger partial charge in [0.2, 0.25) is 0 Å². The second kappa shape index (κ2) is 10.7. The van der Waals surface area contributed by atoms with Crippen LogP contribution in [-0.2, 0) is 0 Å². The zero-order valence-electron chi connectivity index (χ0n) is 26.7. The number of ether oxygens (including phenoxy) is 1. The Morgan fingerprint density at radius 2 is 1.88 bits per heavy atom. The normalized spacial score (nSPS) is 27.5. The predicted octanol–water partition coefficient (Wildman–Crippen LogP) is 6.61. The number of aliphatic hydroxyl groups is 1. The Hall–Kier alpha value is -4.54. The summed E-state index contributed by atoms with van der Waals surface area (Å²) in [6, 6.07) is 8.29. The number of nitro benzene ring substituents is 1. The van der Waals surface area contributed by atoms with Crippen molar-refractivity contribution in [3.8, 4) is 29.5 Å². The lowest BCUT2D eigenvalue weighted by Crippen LogP contribution is -2.46. The summed E-state index contributed by atoms with van der Waals surface area (Å²) < 4.78 is 67.2. The highest BCUT2D eigenvalue weighted by molar-refractivity contribution is 6.06. The smallest absolute Gasteiger partial charge is 0.319 e. The molecular weight excluding hydrogens is 642 g/mol. The molecule has 0 amide bonds. The number of nitro groups is 1. The number of halogens is 4. The molecule has 254 valence electrons. The summed E-state index contributed by atoms with van der Waals surface area (Å²) in [4.78, 5) is 24.7. The number of aromatic nitrogens is 2. The average Bonchev–Trinajstić information content (AvgIpc) is 3.27. The van der Waals surface area contributed by atoms with E-state index in [-0.39, 0.29) is 71.8 Å². The van der Waals surface area contributed by atoms with Crippen molar-refractivity contribution in [3.63, 3.8) is 0 Å². The molecule has 3 aromatic carbocycles. The molecule has 4 aromatic rings. The summed E-state index contributed by atoms with van der Waals surface area (Å²) in [5.41, 5.74) is -4.29. The highest BCUT2D eigenvalue weighted by Crippen LogP contribution is 2.69. The lowest BCUT2D eigenvalue weighted by atomic mass is 9.89. The number of hydrogen-bond donors (Lipinski definition) is 1. The van der Waals surface area contributed by atoms with Crippen molar-refractivity contribution in [2.24, 2.45) is 5.41 Å². The number of benzene rings is 3. The summed E-state index contributed by atoms with van der Waals surface area (Å²) in [7, 11) is 0. The van der Waals surface area contributed by atoms with Crippen molar-refractivity contribution in [2.45, 2.75) is 62.5 Å². The molecule has 49 heavy (non-hydrogen) atoms. The third kappa shape index (κ3) is 4.90. The maximum atomic E-state index is 17.1. The van der Waals surface area contributed by atoms with Crippen LogP contribution < -0.4 is 9.64 Å². The number of anilines is 1. The summed E-state index contributed by atoms with van der Waals surface area (Å²) in [5, 5.41) is 24.2. The molecule has 0 bridgehead atoms. The maximum Gasteiger partial charge on any atom is 0.319 e. The zero-order chi connectivity index (χ0) is 34.5. The number of terminal acetylenes is 1. The topological polar surface area (TPSA) is 105 Å². The molecular formula is C36H33F4N5O4. The van der Waals surface area contributed by atoms with Gasteiger partial charge in [0.05, 0.1) is 38.0 Å². The van der Waals surface area contributed by atoms with E-state index in [9.17, 15) is 28.4 Å². The highest BCUT2D eigenvalue weighted by atomic mass is 19.3. The molecule has 8 rings (SSSR count). The van der Waals surface area contributed by atoms with Crippen molar-refractivity contribution in [1.82, 2.24) is 14.9 Å². The Morgan fingerprint density at radius 1 is 1.10 bits per heavy atom. The van der Waals surface area contributed by atoms with E-state index in [2.05, 4.69) is 20.8 Å². The molecule has 4 aliphatic rings. The predicted molar refractivity (Wildman–Crippen MR) is 175 cm³/mol. The molecule has 9 nitrogen and oxygen atoms in total. The fourth-order valence-corrected chi connectivity index (χ4v) is 8.64. The third-order valence-corrected chi connectivity index (χ3v) is 11.0. The van der Waals surface area contributed by atoms with Gasteiger partial charge in [0, 0.05) is 43.1 Å². The first-order chi connectivity index (χ1) is 23.3. The lowest BCUT2D eigenvalue weighted by Gasteiger charge is -2.38. The van der Waals surface area contributed by atoms with Crippen LogP contribution in [0.4, 0.5) is 29.1 Å². The van der Waals surface area contributed by atoms with Crippen molar-refractivity contribution in [1.29, 1.82) is 0 Å². The van der Waals surface area contributed by atoms with Crippen LogP contribution in [0.15, 0.2) is 36.4 Å². The zero-order valence-corrected chi connectivity index (χ0v) is 26.7. The minimum Gasteiger partial charge on any atom is -0.461 e. The molecule has 4 fully saturated rings. The van der Waals surface area contributed by atoms with Crippen LogP contribution in [-0.4, -0.2) is 74.7 Å². The quantitative estimate of drug-likeness (QED) is 0.105. The van der Waals surface area contributed by atoms with E-state index in [4.69, 9.17) is 11.2 Å². The Bertz CT molecular complexity index is 2120. The standard InChI is InChI=1S/C36H33F4N5O4/c1-3-22-25(37)10-9-21-7-4-8-23(27(21)22)28-26(45(47)48)15-24-30(29(28)38)41-32(42-31(24)43-13-5-11-33(2,46)18-43)49-20-35-12-6-14-44(35)19-34(16-35)17-36(34,39)40/h1,4,7-10,15,46H,5-6,11-14,16-20H2,2H3. The van der Waals surface area contributed by atoms with E-state index >= 15 is 4.39 Å². The van der Waals surface area contributed by atoms with Gasteiger partial charge in [0.25, 0.3) is 11.6 Å². The lowest BCUT2D eigenvalue weighted by molar-refractivity contribution is -0.384. The van der Waals surface area contributed by atoms with Crippen LogP contribution in [0.3, 0.4) is 0 Å². The highest BCUT2D eigenvalue weighted by Gasteiger charge is 2.77. The fourth-order valence-electron chi connectivity index (χ4n) is 8.64. The third-order valence-electron chi connectivity index (χ3n) is 11.0. The van der Waals surface area contributed by atoms with E-state index in [1.807, 2.05) is 0 Å². The van der Waals surface area contributed by atoms with Crippen molar-refractivity contribution < 1.29 is 32.3 Å². The van der Waals surface area contributed by atoms with E-state index in [1.165, 1.54) is 24.3 Å². The molecule has 3 unspecified atom stereocenters. The molecule has 3 saturated heterocycles. The van der Waals surface area contributed by atoms with E-state index in [1.54, 1.807) is 24.0 Å². The molecule has 3 atom stereocenters. The second-order valence-corrected chi connectivity index (χ2v) is 14.4. The Morgan fingerprint density at radius 3 is 2.59 bits per heavy atom. The van der Waals surface area contributed by atoms with Gasteiger partial charge in [-0.1, -0.05) is 30.2 Å². The molecule has 3 aliphatic heterocycles. The first-order valence-electron chi connectivity index (χ1n) is 16.4. The van der Waals surface area contributed by atoms with Crippen LogP contribution in [0.1, 0.15) is 51.0 Å². The molecule has 1 N–H and O–H groups in total. The molecule has 1 spiro atoms. The van der Waals surface area contributed by atoms with Crippen LogP contribution in [0.25, 0.3) is 32.8 Å². The number of piperidine rings is 1. The summed E-state index contributed by atoms with van der Waals surface area (Å²) >= 11 is 0. The first kappa shape index (κ1) is 31.7. The Kier molecular flexibility index (Phi) is 6.94. The van der Waals surface area contributed by atoms with E-state index in [0.717, 1.165) is 6.42 Å². The van der Waals surface area contributed by atoms with Crippen LogP contribution >= 0.6 is 0 Å². The number of nitrogens with zero attached hydrogens (tertiary/aromatic N) is 5. The van der Waals surface area contributed by atoms with Crippen molar-refractivity contribution in [3.05, 3.63) is 63.7 Å². The second-order valence-electron chi connectivity index (χ2n) is 14.4. The summed E-state index contributed by atoms with van der Waals surface area (Å²) in [6.07, 6.45) is 8.33. The summed E-state index contributed by atoms with van der Waals surface area (Å²) in [6.45, 7) is 3.15. The Balaban J connectivity index is 1.30. The van der Waals surface area contributed by atoms with E-state index in [0.29, 0.717) is 37.7 Å². The summed E-state index contributed by atoms with van der Waals surface area (Å²) in [5.74, 6) is -2.07. The SMILES string of the molecule is C#Cc1c(F)ccc2cccc(-c3c([N+](=O)[O-])cc4c(N5CCCC(C)(O)C5)nc(OCC56CCCN5CC5(C6)CC5(F)F)nc4c3F)c12. The van der Waals surface area contributed by atoms with Crippen LogP contribution in [0.2, 0.25) is 0 Å². The Labute approximate surface area is 279 Å². The molecule has 4 heterocycles. The first-order valence-corrected chi connectivity index (χ1v) is 16.4. The van der Waals surface area contributed by atoms with Gasteiger partial charge < -0.3 is 14.7 Å². The molecule has 0 radical (unpaired) electrons. The van der Waals surface area contributed by atoms with Crippen molar-refractivity contribution in [2.75, 3.05) is 37.7 Å². The van der Waals surface area contributed by atoms with Crippen LogP contribution in [0, 0.1) is 39.5 Å². The minimum absolute atomic E-state index is 0.00305. The van der Waals surface area contributed by atoms with Gasteiger partial charge in [-0.25, -0.2) is 17.6 Å². The minimum atomic E-state index is -2.72. The van der Waals surface area contributed by atoms with Gasteiger partial charge in [-0.2, -0.15) is 9.97 Å². The van der Waals surface area contributed by atoms with Crippen LogP contribution in [0.5, 0.6) is 6.01 Å². The van der Waals surface area contributed by atoms with Gasteiger partial charge in [-0.05, 0) is 57.0 Å². The number of alkyl halides is 2. The molecule has 13 heteroatoms. The van der Waals surface area contributed by atoms with Gasteiger partial charge in [-0.3, -0.25) is 15.0 Å². The van der Waals surface area contributed by atoms with Gasteiger partial charge in [-0.15, -0.1) is 6.42 Å². The monoisotopic (exact) mass is 675 g/mol. The molecule has 1 aliphatic carbocycles.